The van der Waals surface area contributed by atoms with Crippen LogP contribution >= 0.6 is 0 Å². The van der Waals surface area contributed by atoms with E-state index < -0.39 is 0 Å². The highest BCUT2D eigenvalue weighted by Crippen LogP contribution is 2.24. The Labute approximate surface area is 112 Å². The Morgan fingerprint density at radius 3 is 2.95 bits per heavy atom. The average molecular weight is 265 g/mol. The largest absolute Gasteiger partial charge is 0.507 e. The van der Waals surface area contributed by atoms with Gasteiger partial charge in [0.25, 0.3) is 5.91 Å². The van der Waals surface area contributed by atoms with Crippen LogP contribution in [0, 0.1) is 5.92 Å². The summed E-state index contributed by atoms with van der Waals surface area (Å²) >= 11 is 0. The van der Waals surface area contributed by atoms with Gasteiger partial charge in [-0.25, -0.2) is 0 Å². The molecule has 1 aliphatic heterocycles. The number of hydrogen-bond donors (Lipinski definition) is 2. The van der Waals surface area contributed by atoms with E-state index in [4.69, 9.17) is 9.47 Å². The van der Waals surface area contributed by atoms with Crippen LogP contribution in [0.2, 0.25) is 0 Å². The number of carbonyl (C=O) groups excluding carboxylic acids is 1. The van der Waals surface area contributed by atoms with Gasteiger partial charge in [-0.15, -0.1) is 0 Å². The maximum atomic E-state index is 12.1. The van der Waals surface area contributed by atoms with Gasteiger partial charge >= 0.3 is 0 Å². The first-order valence-electron chi connectivity index (χ1n) is 6.37. The zero-order chi connectivity index (χ0) is 13.8. The lowest BCUT2D eigenvalue weighted by atomic mass is 10.0. The molecule has 1 amide bonds. The Hall–Kier alpha value is -1.75. The lowest BCUT2D eigenvalue weighted by molar-refractivity contribution is 0.0919. The number of amides is 1. The number of phenols is 1. The highest BCUT2D eigenvalue weighted by Gasteiger charge is 2.24. The molecule has 1 fully saturated rings. The van der Waals surface area contributed by atoms with E-state index in [-0.39, 0.29) is 23.3 Å². The molecule has 1 aromatic rings. The van der Waals surface area contributed by atoms with Crippen molar-refractivity contribution < 1.29 is 19.4 Å². The van der Waals surface area contributed by atoms with Gasteiger partial charge in [0.05, 0.1) is 19.3 Å². The fraction of sp³-hybridized carbons (Fsp3) is 0.500. The van der Waals surface area contributed by atoms with E-state index in [1.54, 1.807) is 12.1 Å². The lowest BCUT2D eigenvalue weighted by Gasteiger charge is -2.19. The molecule has 1 aromatic carbocycles. The molecule has 0 bridgehead atoms. The Morgan fingerprint density at radius 1 is 1.58 bits per heavy atom. The zero-order valence-electron chi connectivity index (χ0n) is 11.2. The molecule has 0 spiro atoms. The molecule has 2 unspecified atom stereocenters. The first-order valence-corrected chi connectivity index (χ1v) is 6.37. The van der Waals surface area contributed by atoms with Crippen LogP contribution in [0.1, 0.15) is 23.7 Å². The van der Waals surface area contributed by atoms with E-state index in [1.165, 1.54) is 13.2 Å². The summed E-state index contributed by atoms with van der Waals surface area (Å²) in [7, 11) is 1.51. The van der Waals surface area contributed by atoms with E-state index in [0.29, 0.717) is 18.3 Å². The van der Waals surface area contributed by atoms with Crippen molar-refractivity contribution in [1.29, 1.82) is 0 Å². The standard InChI is InChI=1S/C14H19NO4/c1-9(10-5-6-19-8-10)15-14(17)12-4-3-11(18-2)7-13(12)16/h3-4,7,9-10,16H,5-6,8H2,1-2H3,(H,15,17). The summed E-state index contributed by atoms with van der Waals surface area (Å²) in [5.41, 5.74) is 0.256. The maximum Gasteiger partial charge on any atom is 0.255 e. The highest BCUT2D eigenvalue weighted by molar-refractivity contribution is 5.97. The second kappa shape index (κ2) is 5.93. The SMILES string of the molecule is COc1ccc(C(=O)NC(C)C2CCOC2)c(O)c1. The minimum absolute atomic E-state index is 0.0245. The van der Waals surface area contributed by atoms with E-state index >= 15 is 0 Å². The topological polar surface area (TPSA) is 67.8 Å². The molecule has 2 rings (SSSR count). The molecular formula is C14H19NO4. The summed E-state index contributed by atoms with van der Waals surface area (Å²) in [5, 5.41) is 12.7. The summed E-state index contributed by atoms with van der Waals surface area (Å²) in [6.45, 7) is 3.38. The molecule has 104 valence electrons. The average Bonchev–Trinajstić information content (AvgIpc) is 2.92. The first kappa shape index (κ1) is 13.7. The minimum Gasteiger partial charge on any atom is -0.507 e. The highest BCUT2D eigenvalue weighted by atomic mass is 16.5. The van der Waals surface area contributed by atoms with E-state index in [1.807, 2.05) is 6.92 Å². The van der Waals surface area contributed by atoms with E-state index in [9.17, 15) is 9.90 Å². The van der Waals surface area contributed by atoms with Gasteiger partial charge in [-0.2, -0.15) is 0 Å². The monoisotopic (exact) mass is 265 g/mol. The van der Waals surface area contributed by atoms with Crippen LogP contribution in [0.4, 0.5) is 0 Å². The van der Waals surface area contributed by atoms with Crippen LogP contribution in [0.5, 0.6) is 11.5 Å². The summed E-state index contributed by atoms with van der Waals surface area (Å²) in [5.74, 6) is 0.502. The van der Waals surface area contributed by atoms with Crippen LogP contribution < -0.4 is 10.1 Å². The molecule has 0 radical (unpaired) electrons. The molecule has 1 aliphatic rings. The van der Waals surface area contributed by atoms with Gasteiger partial charge in [-0.05, 0) is 25.5 Å². The van der Waals surface area contributed by atoms with Crippen LogP contribution in [0.25, 0.3) is 0 Å². The van der Waals surface area contributed by atoms with E-state index in [2.05, 4.69) is 5.32 Å². The molecule has 0 aliphatic carbocycles. The molecule has 0 saturated carbocycles. The van der Waals surface area contributed by atoms with Crippen molar-refractivity contribution in [2.75, 3.05) is 20.3 Å². The number of phenolic OH excluding ortho intramolecular Hbond substituents is 1. The number of nitrogens with one attached hydrogen (secondary N) is 1. The van der Waals surface area contributed by atoms with Crippen molar-refractivity contribution in [2.45, 2.75) is 19.4 Å². The number of hydrogen-bond acceptors (Lipinski definition) is 4. The second-order valence-electron chi connectivity index (χ2n) is 4.77. The lowest BCUT2D eigenvalue weighted by Crippen LogP contribution is -2.38. The van der Waals surface area contributed by atoms with Crippen molar-refractivity contribution >= 4 is 5.91 Å². The Balaban J connectivity index is 2.02. The smallest absolute Gasteiger partial charge is 0.255 e. The fourth-order valence-electron chi connectivity index (χ4n) is 2.18. The van der Waals surface area contributed by atoms with Crippen LogP contribution in [-0.4, -0.2) is 37.4 Å². The predicted molar refractivity (Wildman–Crippen MR) is 70.5 cm³/mol. The summed E-state index contributed by atoms with van der Waals surface area (Å²) < 4.78 is 10.3. The Bertz CT molecular complexity index is 455. The number of rotatable bonds is 4. The first-order chi connectivity index (χ1) is 9.11. The van der Waals surface area contributed by atoms with Gasteiger partial charge in [0, 0.05) is 24.6 Å². The van der Waals surface area contributed by atoms with Crippen molar-refractivity contribution in [1.82, 2.24) is 5.32 Å². The molecule has 19 heavy (non-hydrogen) atoms. The maximum absolute atomic E-state index is 12.1. The molecular weight excluding hydrogens is 246 g/mol. The molecule has 2 atom stereocenters. The van der Waals surface area contributed by atoms with Crippen molar-refractivity contribution in [2.24, 2.45) is 5.92 Å². The van der Waals surface area contributed by atoms with Gasteiger partial charge in [0.15, 0.2) is 0 Å². The molecule has 2 N–H and O–H groups in total. The third-order valence-corrected chi connectivity index (χ3v) is 3.48. The van der Waals surface area contributed by atoms with Crippen molar-refractivity contribution in [3.05, 3.63) is 23.8 Å². The van der Waals surface area contributed by atoms with Gasteiger partial charge in [0.1, 0.15) is 11.5 Å². The molecule has 0 aromatic heterocycles. The minimum atomic E-state index is -0.278. The quantitative estimate of drug-likeness (QED) is 0.867. The Kier molecular flexibility index (Phi) is 4.27. The number of carbonyl (C=O) groups is 1. The number of ether oxygens (including phenoxy) is 2. The van der Waals surface area contributed by atoms with Gasteiger partial charge < -0.3 is 19.9 Å². The number of benzene rings is 1. The predicted octanol–water partition coefficient (Wildman–Crippen LogP) is 1.56. The summed E-state index contributed by atoms with van der Waals surface area (Å²) in [6, 6.07) is 4.66. The molecule has 1 heterocycles. The Morgan fingerprint density at radius 2 is 2.37 bits per heavy atom. The third-order valence-electron chi connectivity index (χ3n) is 3.48. The van der Waals surface area contributed by atoms with Crippen molar-refractivity contribution in [3.8, 4) is 11.5 Å². The normalized spacial score (nSPS) is 20.0. The molecule has 1 saturated heterocycles. The zero-order valence-corrected chi connectivity index (χ0v) is 11.2. The van der Waals surface area contributed by atoms with Crippen LogP contribution in [-0.2, 0) is 4.74 Å². The molecule has 5 nitrogen and oxygen atoms in total. The van der Waals surface area contributed by atoms with Gasteiger partial charge in [0.2, 0.25) is 0 Å². The van der Waals surface area contributed by atoms with Crippen molar-refractivity contribution in [3.63, 3.8) is 0 Å². The second-order valence-corrected chi connectivity index (χ2v) is 4.77. The van der Waals surface area contributed by atoms with Crippen LogP contribution in [0.3, 0.4) is 0 Å². The number of methoxy groups -OCH3 is 1. The van der Waals surface area contributed by atoms with Gasteiger partial charge in [-0.3, -0.25) is 4.79 Å². The fourth-order valence-corrected chi connectivity index (χ4v) is 2.18. The summed E-state index contributed by atoms with van der Waals surface area (Å²) in [4.78, 5) is 12.1. The van der Waals surface area contributed by atoms with Gasteiger partial charge in [-0.1, -0.05) is 0 Å². The number of aromatic hydroxyl groups is 1. The third kappa shape index (κ3) is 3.17. The van der Waals surface area contributed by atoms with Crippen LogP contribution in [0.15, 0.2) is 18.2 Å². The summed E-state index contributed by atoms with van der Waals surface area (Å²) in [6.07, 6.45) is 0.954. The molecule has 5 heteroatoms. The van der Waals surface area contributed by atoms with E-state index in [0.717, 1.165) is 13.0 Å².